The SMILES string of the molecule is CN(C)Cc1ccc(CNc2cnccn2)cc1F. The van der Waals surface area contributed by atoms with Crippen LogP contribution in [0.1, 0.15) is 11.1 Å². The van der Waals surface area contributed by atoms with Crippen LogP contribution in [0.3, 0.4) is 0 Å². The number of hydrogen-bond acceptors (Lipinski definition) is 4. The predicted octanol–water partition coefficient (Wildman–Crippen LogP) is 2.29. The van der Waals surface area contributed by atoms with Gasteiger partial charge in [-0.05, 0) is 25.7 Å². The zero-order valence-electron chi connectivity index (χ0n) is 11.1. The first-order valence-electron chi connectivity index (χ1n) is 6.07. The molecule has 1 N–H and O–H groups in total. The van der Waals surface area contributed by atoms with Crippen LogP contribution in [0, 0.1) is 5.82 Å². The van der Waals surface area contributed by atoms with Gasteiger partial charge < -0.3 is 10.2 Å². The largest absolute Gasteiger partial charge is 0.365 e. The Kier molecular flexibility index (Phi) is 4.41. The first kappa shape index (κ1) is 13.4. The lowest BCUT2D eigenvalue weighted by Gasteiger charge is -2.12. The second-order valence-electron chi connectivity index (χ2n) is 4.61. The van der Waals surface area contributed by atoms with Crippen molar-refractivity contribution in [1.82, 2.24) is 14.9 Å². The molecule has 1 heterocycles. The van der Waals surface area contributed by atoms with Crippen molar-refractivity contribution >= 4 is 5.82 Å². The Labute approximate surface area is 112 Å². The van der Waals surface area contributed by atoms with Crippen LogP contribution in [0.15, 0.2) is 36.8 Å². The number of halogens is 1. The van der Waals surface area contributed by atoms with Gasteiger partial charge in [0.15, 0.2) is 0 Å². The van der Waals surface area contributed by atoms with Gasteiger partial charge in [-0.1, -0.05) is 12.1 Å². The highest BCUT2D eigenvalue weighted by molar-refractivity contribution is 5.33. The molecule has 0 saturated carbocycles. The minimum Gasteiger partial charge on any atom is -0.365 e. The molecule has 2 rings (SSSR count). The monoisotopic (exact) mass is 260 g/mol. The highest BCUT2D eigenvalue weighted by Gasteiger charge is 2.05. The summed E-state index contributed by atoms with van der Waals surface area (Å²) in [5, 5.41) is 3.10. The Hall–Kier alpha value is -2.01. The first-order chi connectivity index (χ1) is 9.15. The fraction of sp³-hybridized carbons (Fsp3) is 0.286. The molecule has 0 spiro atoms. The maximum atomic E-state index is 13.9. The van der Waals surface area contributed by atoms with Gasteiger partial charge in [-0.15, -0.1) is 0 Å². The molecule has 4 nitrogen and oxygen atoms in total. The lowest BCUT2D eigenvalue weighted by atomic mass is 10.1. The van der Waals surface area contributed by atoms with Crippen molar-refractivity contribution in [3.63, 3.8) is 0 Å². The molecule has 2 aromatic rings. The fourth-order valence-electron chi connectivity index (χ4n) is 1.75. The summed E-state index contributed by atoms with van der Waals surface area (Å²) in [6.45, 7) is 1.13. The van der Waals surface area contributed by atoms with Crippen molar-refractivity contribution in [3.8, 4) is 0 Å². The summed E-state index contributed by atoms with van der Waals surface area (Å²) >= 11 is 0. The van der Waals surface area contributed by atoms with Gasteiger partial charge in [-0.2, -0.15) is 0 Å². The van der Waals surface area contributed by atoms with Crippen LogP contribution in [-0.2, 0) is 13.1 Å². The molecule has 0 fully saturated rings. The van der Waals surface area contributed by atoms with Gasteiger partial charge in [0.2, 0.25) is 0 Å². The first-order valence-corrected chi connectivity index (χ1v) is 6.07. The van der Waals surface area contributed by atoms with Gasteiger partial charge in [-0.25, -0.2) is 9.37 Å². The summed E-state index contributed by atoms with van der Waals surface area (Å²) in [5.74, 6) is 0.507. The van der Waals surface area contributed by atoms with Gasteiger partial charge in [0.05, 0.1) is 6.20 Å². The van der Waals surface area contributed by atoms with Crippen molar-refractivity contribution in [1.29, 1.82) is 0 Å². The van der Waals surface area contributed by atoms with Crippen LogP contribution in [0.2, 0.25) is 0 Å². The molecule has 0 bridgehead atoms. The van der Waals surface area contributed by atoms with Crippen LogP contribution in [0.25, 0.3) is 0 Å². The van der Waals surface area contributed by atoms with E-state index in [9.17, 15) is 4.39 Å². The lowest BCUT2D eigenvalue weighted by Crippen LogP contribution is -2.12. The normalized spacial score (nSPS) is 10.7. The highest BCUT2D eigenvalue weighted by Crippen LogP contribution is 2.13. The van der Waals surface area contributed by atoms with E-state index in [2.05, 4.69) is 15.3 Å². The van der Waals surface area contributed by atoms with E-state index in [4.69, 9.17) is 0 Å². The average molecular weight is 260 g/mol. The number of aromatic nitrogens is 2. The summed E-state index contributed by atoms with van der Waals surface area (Å²) in [6.07, 6.45) is 4.86. The van der Waals surface area contributed by atoms with E-state index < -0.39 is 0 Å². The van der Waals surface area contributed by atoms with E-state index >= 15 is 0 Å². The maximum absolute atomic E-state index is 13.9. The van der Waals surface area contributed by atoms with Crippen LogP contribution >= 0.6 is 0 Å². The van der Waals surface area contributed by atoms with Crippen molar-refractivity contribution in [2.75, 3.05) is 19.4 Å². The number of nitrogens with one attached hydrogen (secondary N) is 1. The van der Waals surface area contributed by atoms with E-state index in [1.54, 1.807) is 24.7 Å². The molecule has 0 unspecified atom stereocenters. The van der Waals surface area contributed by atoms with E-state index in [1.165, 1.54) is 0 Å². The van der Waals surface area contributed by atoms with Crippen LogP contribution in [-0.4, -0.2) is 29.0 Å². The molecule has 5 heteroatoms. The van der Waals surface area contributed by atoms with E-state index in [0.29, 0.717) is 24.5 Å². The second kappa shape index (κ2) is 6.24. The maximum Gasteiger partial charge on any atom is 0.144 e. The number of rotatable bonds is 5. The van der Waals surface area contributed by atoms with Crippen LogP contribution in [0.5, 0.6) is 0 Å². The van der Waals surface area contributed by atoms with E-state index in [-0.39, 0.29) is 5.82 Å². The number of anilines is 1. The molecule has 0 radical (unpaired) electrons. The Morgan fingerprint density at radius 3 is 2.74 bits per heavy atom. The third-order valence-corrected chi connectivity index (χ3v) is 2.64. The Morgan fingerprint density at radius 1 is 1.26 bits per heavy atom. The molecule has 0 aliphatic heterocycles. The number of nitrogens with zero attached hydrogens (tertiary/aromatic N) is 3. The molecular weight excluding hydrogens is 243 g/mol. The molecular formula is C14H17FN4. The van der Waals surface area contributed by atoms with E-state index in [1.807, 2.05) is 31.1 Å². The van der Waals surface area contributed by atoms with Gasteiger partial charge in [0.1, 0.15) is 11.6 Å². The molecule has 0 saturated heterocycles. The van der Waals surface area contributed by atoms with Crippen molar-refractivity contribution < 1.29 is 4.39 Å². The fourth-order valence-corrected chi connectivity index (χ4v) is 1.75. The lowest BCUT2D eigenvalue weighted by molar-refractivity contribution is 0.392. The summed E-state index contributed by atoms with van der Waals surface area (Å²) in [6, 6.07) is 5.30. The van der Waals surface area contributed by atoms with Crippen molar-refractivity contribution in [2.45, 2.75) is 13.1 Å². The standard InChI is InChI=1S/C14H17FN4/c1-19(2)10-12-4-3-11(7-13(12)15)8-18-14-9-16-5-6-17-14/h3-7,9H,8,10H2,1-2H3,(H,17,18). The zero-order chi connectivity index (χ0) is 13.7. The van der Waals surface area contributed by atoms with Gasteiger partial charge >= 0.3 is 0 Å². The highest BCUT2D eigenvalue weighted by atomic mass is 19.1. The Balaban J connectivity index is 2.00. The van der Waals surface area contributed by atoms with E-state index in [0.717, 1.165) is 5.56 Å². The second-order valence-corrected chi connectivity index (χ2v) is 4.61. The third kappa shape index (κ3) is 3.99. The summed E-state index contributed by atoms with van der Waals surface area (Å²) in [5.41, 5.74) is 1.58. The molecule has 0 amide bonds. The molecule has 0 aliphatic carbocycles. The molecule has 1 aromatic carbocycles. The van der Waals surface area contributed by atoms with Gasteiger partial charge in [0.25, 0.3) is 0 Å². The van der Waals surface area contributed by atoms with Crippen molar-refractivity contribution in [3.05, 3.63) is 53.7 Å². The summed E-state index contributed by atoms with van der Waals surface area (Å²) < 4.78 is 13.9. The minimum atomic E-state index is -0.174. The van der Waals surface area contributed by atoms with Crippen molar-refractivity contribution in [2.24, 2.45) is 0 Å². The summed E-state index contributed by atoms with van der Waals surface area (Å²) in [4.78, 5) is 10.00. The number of benzene rings is 1. The van der Waals surface area contributed by atoms with Gasteiger partial charge in [0, 0.05) is 31.0 Å². The molecule has 0 atom stereocenters. The Morgan fingerprint density at radius 2 is 2.11 bits per heavy atom. The number of hydrogen-bond donors (Lipinski definition) is 1. The Bertz CT molecular complexity index is 528. The van der Waals surface area contributed by atoms with Crippen LogP contribution in [0.4, 0.5) is 10.2 Å². The van der Waals surface area contributed by atoms with Gasteiger partial charge in [-0.3, -0.25) is 4.98 Å². The molecule has 0 aliphatic rings. The predicted molar refractivity (Wildman–Crippen MR) is 73.1 cm³/mol. The van der Waals surface area contributed by atoms with Crippen LogP contribution < -0.4 is 5.32 Å². The quantitative estimate of drug-likeness (QED) is 0.895. The molecule has 100 valence electrons. The topological polar surface area (TPSA) is 41.0 Å². The minimum absolute atomic E-state index is 0.174. The summed E-state index contributed by atoms with van der Waals surface area (Å²) in [7, 11) is 3.84. The average Bonchev–Trinajstić information content (AvgIpc) is 2.40. The third-order valence-electron chi connectivity index (χ3n) is 2.64. The molecule has 19 heavy (non-hydrogen) atoms. The molecule has 1 aromatic heterocycles. The smallest absolute Gasteiger partial charge is 0.144 e. The zero-order valence-corrected chi connectivity index (χ0v) is 11.1.